The van der Waals surface area contributed by atoms with E-state index in [-0.39, 0.29) is 57.3 Å². The number of allylic oxidation sites excluding steroid dienone is 2. The van der Waals surface area contributed by atoms with Gasteiger partial charge in [-0.05, 0) is 44.7 Å². The number of amides is 2. The lowest BCUT2D eigenvalue weighted by atomic mass is 9.95. The number of nitrogens with zero attached hydrogens (tertiary/aromatic N) is 1. The number of nitrogens with one attached hydrogen (secondary N) is 1. The van der Waals surface area contributed by atoms with Gasteiger partial charge in [0, 0.05) is 19.5 Å². The van der Waals surface area contributed by atoms with Gasteiger partial charge >= 0.3 is 11.9 Å². The van der Waals surface area contributed by atoms with Gasteiger partial charge in [0.15, 0.2) is 0 Å². The molecule has 0 saturated heterocycles. The van der Waals surface area contributed by atoms with Crippen LogP contribution in [0.3, 0.4) is 0 Å². The summed E-state index contributed by atoms with van der Waals surface area (Å²) < 4.78 is 11.1. The lowest BCUT2D eigenvalue weighted by Gasteiger charge is -2.27. The predicted molar refractivity (Wildman–Crippen MR) is 158 cm³/mol. The fourth-order valence-corrected chi connectivity index (χ4v) is 4.69. The van der Waals surface area contributed by atoms with E-state index in [0.29, 0.717) is 6.54 Å². The highest BCUT2D eigenvalue weighted by atomic mass is 16.6. The lowest BCUT2D eigenvalue weighted by Crippen LogP contribution is -2.40. The van der Waals surface area contributed by atoms with E-state index in [1.807, 2.05) is 60.7 Å². The molecule has 2 amide bonds. The van der Waals surface area contributed by atoms with E-state index in [4.69, 9.17) is 9.47 Å². The van der Waals surface area contributed by atoms with Gasteiger partial charge in [-0.15, -0.1) is 0 Å². The van der Waals surface area contributed by atoms with Crippen LogP contribution >= 0.6 is 0 Å². The number of ether oxygens (including phenoxy) is 2. The van der Waals surface area contributed by atoms with Crippen LogP contribution < -0.4 is 5.32 Å². The molecule has 0 aromatic heterocycles. The molecule has 3 rings (SSSR count). The van der Waals surface area contributed by atoms with E-state index in [2.05, 4.69) is 5.32 Å². The Bertz CT molecular complexity index is 1210. The Kier molecular flexibility index (Phi) is 12.3. The van der Waals surface area contributed by atoms with Crippen molar-refractivity contribution in [3.63, 3.8) is 0 Å². The van der Waals surface area contributed by atoms with Gasteiger partial charge in [0.1, 0.15) is 12.2 Å². The van der Waals surface area contributed by atoms with E-state index in [9.17, 15) is 24.3 Å². The van der Waals surface area contributed by atoms with Crippen molar-refractivity contribution >= 4 is 23.8 Å². The summed E-state index contributed by atoms with van der Waals surface area (Å²) in [7, 11) is 0. The molecule has 1 aliphatic rings. The summed E-state index contributed by atoms with van der Waals surface area (Å²) >= 11 is 0. The monoisotopic (exact) mass is 578 g/mol. The summed E-state index contributed by atoms with van der Waals surface area (Å²) in [6, 6.07) is 18.0. The van der Waals surface area contributed by atoms with Crippen LogP contribution in [0.25, 0.3) is 0 Å². The van der Waals surface area contributed by atoms with Crippen molar-refractivity contribution in [3.8, 4) is 0 Å². The van der Waals surface area contributed by atoms with E-state index in [1.165, 1.54) is 0 Å². The highest BCUT2D eigenvalue weighted by molar-refractivity contribution is 5.86. The number of rotatable bonds is 9. The lowest BCUT2D eigenvalue weighted by molar-refractivity contribution is -0.161. The van der Waals surface area contributed by atoms with Crippen molar-refractivity contribution in [2.75, 3.05) is 19.8 Å². The summed E-state index contributed by atoms with van der Waals surface area (Å²) in [6.45, 7) is 5.43. The largest absolute Gasteiger partial charge is 0.463 e. The van der Waals surface area contributed by atoms with Crippen LogP contribution in [0.4, 0.5) is 0 Å². The average Bonchev–Trinajstić information content (AvgIpc) is 2.95. The fourth-order valence-electron chi connectivity index (χ4n) is 4.69. The molecule has 1 heterocycles. The molecule has 0 radical (unpaired) electrons. The van der Waals surface area contributed by atoms with Crippen LogP contribution in [0.2, 0.25) is 0 Å². The van der Waals surface area contributed by atoms with Crippen molar-refractivity contribution < 1.29 is 33.8 Å². The Labute approximate surface area is 247 Å². The molecule has 0 spiro atoms. The minimum atomic E-state index is -0.756. The quantitative estimate of drug-likeness (QED) is 0.339. The Morgan fingerprint density at radius 2 is 1.57 bits per heavy atom. The van der Waals surface area contributed by atoms with Crippen LogP contribution in [-0.4, -0.2) is 59.1 Å². The molecule has 0 aliphatic carbocycles. The Hall–Kier alpha value is -3.98. The van der Waals surface area contributed by atoms with E-state index >= 15 is 0 Å². The number of benzene rings is 2. The molecule has 0 bridgehead atoms. The zero-order valence-corrected chi connectivity index (χ0v) is 24.7. The molecule has 2 aromatic carbocycles. The van der Waals surface area contributed by atoms with Gasteiger partial charge in [-0.1, -0.05) is 72.8 Å². The van der Waals surface area contributed by atoms with Gasteiger partial charge in [0.05, 0.1) is 30.9 Å². The predicted octanol–water partition coefficient (Wildman–Crippen LogP) is 4.11. The smallest absolute Gasteiger partial charge is 0.309 e. The van der Waals surface area contributed by atoms with Crippen LogP contribution in [-0.2, 0) is 35.2 Å². The summed E-state index contributed by atoms with van der Waals surface area (Å²) in [5.74, 6) is -3.09. The number of aliphatic hydroxyl groups excluding tert-OH is 1. The maximum Gasteiger partial charge on any atom is 0.309 e. The Balaban J connectivity index is 1.82. The number of esters is 2. The number of carbonyl (C=O) groups is 4. The van der Waals surface area contributed by atoms with E-state index in [1.54, 1.807) is 37.8 Å². The normalized spacial score (nSPS) is 20.7. The maximum absolute atomic E-state index is 13.5. The molecule has 1 aliphatic heterocycles. The Morgan fingerprint density at radius 1 is 0.952 bits per heavy atom. The minimum Gasteiger partial charge on any atom is -0.463 e. The molecule has 0 fully saturated rings. The molecule has 42 heavy (non-hydrogen) atoms. The summed E-state index contributed by atoms with van der Waals surface area (Å²) in [4.78, 5) is 54.1. The van der Waals surface area contributed by atoms with Gasteiger partial charge in [-0.25, -0.2) is 0 Å². The standard InChI is InChI=1S/C33H42N2O7/c1-33(2,3)42-30(38)21-27-17-11-10-16-26(20-29(37)35(18-19-36)22-24-12-6-4-7-13-24)31(39)34-28(23-41-32(27)40)25-14-8-5-9-15-25/h4-15,26-28,36H,16-23H2,1-3H3,(H,34,39)/b11-10-/t26-,27-,28-/m1/s1. The van der Waals surface area contributed by atoms with Gasteiger partial charge in [0.25, 0.3) is 0 Å². The van der Waals surface area contributed by atoms with Crippen molar-refractivity contribution in [2.45, 2.75) is 64.6 Å². The first-order valence-electron chi connectivity index (χ1n) is 14.4. The number of hydrogen-bond acceptors (Lipinski definition) is 7. The second kappa shape index (κ2) is 15.9. The molecular formula is C33H42N2O7. The highest BCUT2D eigenvalue weighted by Gasteiger charge is 2.30. The van der Waals surface area contributed by atoms with Crippen molar-refractivity contribution in [1.29, 1.82) is 0 Å². The van der Waals surface area contributed by atoms with Crippen LogP contribution in [0.5, 0.6) is 0 Å². The molecule has 9 heteroatoms. The van der Waals surface area contributed by atoms with Crippen LogP contribution in [0, 0.1) is 11.8 Å². The van der Waals surface area contributed by atoms with Gasteiger partial charge in [0.2, 0.25) is 11.8 Å². The second-order valence-electron chi connectivity index (χ2n) is 11.5. The molecule has 3 atom stereocenters. The summed E-state index contributed by atoms with van der Waals surface area (Å²) in [6.07, 6.45) is 3.78. The van der Waals surface area contributed by atoms with Crippen LogP contribution in [0.1, 0.15) is 63.6 Å². The fraction of sp³-hybridized carbons (Fsp3) is 0.455. The van der Waals surface area contributed by atoms with Gasteiger partial charge in [-0.3, -0.25) is 19.2 Å². The third-order valence-corrected chi connectivity index (χ3v) is 6.82. The third-order valence-electron chi connectivity index (χ3n) is 6.82. The molecular weight excluding hydrogens is 536 g/mol. The Morgan fingerprint density at radius 3 is 2.19 bits per heavy atom. The first kappa shape index (κ1) is 32.5. The van der Waals surface area contributed by atoms with Crippen molar-refractivity contribution in [3.05, 3.63) is 83.9 Å². The SMILES string of the molecule is CC(C)(C)OC(=O)C[C@H]1C/C=C\C[C@H](CC(=O)N(CCO)Cc2ccccc2)C(=O)N[C@@H](c2ccccc2)COC1=O. The molecule has 2 aromatic rings. The zero-order chi connectivity index (χ0) is 30.5. The van der Waals surface area contributed by atoms with Crippen molar-refractivity contribution in [2.24, 2.45) is 11.8 Å². The number of cyclic esters (lactones) is 1. The van der Waals surface area contributed by atoms with E-state index in [0.717, 1.165) is 11.1 Å². The van der Waals surface area contributed by atoms with E-state index < -0.39 is 35.4 Å². The number of hydrogen-bond donors (Lipinski definition) is 2. The zero-order valence-electron chi connectivity index (χ0n) is 24.7. The topological polar surface area (TPSA) is 122 Å². The summed E-state index contributed by atoms with van der Waals surface area (Å²) in [5, 5.41) is 12.6. The molecule has 0 saturated carbocycles. The second-order valence-corrected chi connectivity index (χ2v) is 11.5. The van der Waals surface area contributed by atoms with Crippen LogP contribution in [0.15, 0.2) is 72.8 Å². The molecule has 2 N–H and O–H groups in total. The molecule has 9 nitrogen and oxygen atoms in total. The number of aliphatic hydroxyl groups is 1. The number of carbonyl (C=O) groups excluding carboxylic acids is 4. The average molecular weight is 579 g/mol. The minimum absolute atomic E-state index is 0.0638. The summed E-state index contributed by atoms with van der Waals surface area (Å²) in [5.41, 5.74) is 0.977. The first-order chi connectivity index (χ1) is 20.1. The third kappa shape index (κ3) is 10.8. The highest BCUT2D eigenvalue weighted by Crippen LogP contribution is 2.23. The van der Waals surface area contributed by atoms with Crippen molar-refractivity contribution in [1.82, 2.24) is 10.2 Å². The first-order valence-corrected chi connectivity index (χ1v) is 14.4. The van der Waals surface area contributed by atoms with Gasteiger partial charge < -0.3 is 24.8 Å². The van der Waals surface area contributed by atoms with Gasteiger partial charge in [-0.2, -0.15) is 0 Å². The molecule has 0 unspecified atom stereocenters. The maximum atomic E-state index is 13.5. The molecule has 226 valence electrons.